The van der Waals surface area contributed by atoms with Gasteiger partial charge in [-0.25, -0.2) is 4.79 Å². The van der Waals surface area contributed by atoms with Crippen LogP contribution < -0.4 is 0 Å². The molecule has 2 aliphatic carbocycles. The zero-order chi connectivity index (χ0) is 21.4. The van der Waals surface area contributed by atoms with E-state index < -0.39 is 52.5 Å². The van der Waals surface area contributed by atoms with E-state index in [9.17, 15) is 19.2 Å². The van der Waals surface area contributed by atoms with Crippen molar-refractivity contribution in [3.63, 3.8) is 0 Å². The molecule has 0 N–H and O–H groups in total. The summed E-state index contributed by atoms with van der Waals surface area (Å²) in [4.78, 5) is 50.0. The molecule has 156 valence electrons. The zero-order valence-corrected chi connectivity index (χ0v) is 16.9. The molecule has 4 rings (SSSR count). The van der Waals surface area contributed by atoms with E-state index in [1.807, 2.05) is 0 Å². The lowest BCUT2D eigenvalue weighted by molar-refractivity contribution is -0.231. The van der Waals surface area contributed by atoms with Gasteiger partial charge in [0.1, 0.15) is 12.2 Å². The molecule has 6 atom stereocenters. The van der Waals surface area contributed by atoms with Crippen LogP contribution in [0.3, 0.4) is 0 Å². The fourth-order valence-electron chi connectivity index (χ4n) is 5.23. The normalized spacial score (nSPS) is 42.2. The Morgan fingerprint density at radius 3 is 2.52 bits per heavy atom. The summed E-state index contributed by atoms with van der Waals surface area (Å²) in [5.41, 5.74) is -2.60. The first kappa shape index (κ1) is 20.0. The summed E-state index contributed by atoms with van der Waals surface area (Å²) in [7, 11) is 0. The predicted octanol–water partition coefficient (Wildman–Crippen LogP) is 1.07. The summed E-state index contributed by atoms with van der Waals surface area (Å²) in [5.74, 6) is -1.78. The molecule has 0 radical (unpaired) electrons. The minimum atomic E-state index is -1.21. The second kappa shape index (κ2) is 6.09. The van der Waals surface area contributed by atoms with Crippen molar-refractivity contribution in [3.8, 4) is 0 Å². The van der Waals surface area contributed by atoms with E-state index in [1.165, 1.54) is 13.8 Å². The summed E-state index contributed by atoms with van der Waals surface area (Å²) in [6, 6.07) is 0. The van der Waals surface area contributed by atoms with Crippen LogP contribution in [0.25, 0.3) is 0 Å². The Hall–Kier alpha value is -2.32. The van der Waals surface area contributed by atoms with Crippen LogP contribution >= 0.6 is 0 Å². The van der Waals surface area contributed by atoms with Crippen LogP contribution in [-0.4, -0.2) is 60.6 Å². The van der Waals surface area contributed by atoms with Gasteiger partial charge in [-0.3, -0.25) is 14.4 Å². The smallest absolute Gasteiger partial charge is 0.333 e. The van der Waals surface area contributed by atoms with Gasteiger partial charge in [0.05, 0.1) is 23.5 Å². The van der Waals surface area contributed by atoms with Gasteiger partial charge in [-0.1, -0.05) is 13.5 Å². The van der Waals surface area contributed by atoms with Gasteiger partial charge in [0.15, 0.2) is 18.0 Å². The number of hydrogen-bond acceptors (Lipinski definition) is 8. The largest absolute Gasteiger partial charge is 0.465 e. The minimum absolute atomic E-state index is 0.0178. The average molecular weight is 404 g/mol. The van der Waals surface area contributed by atoms with Crippen molar-refractivity contribution in [2.24, 2.45) is 10.8 Å². The number of fused-ring (bicyclic) bond motifs is 2. The van der Waals surface area contributed by atoms with Crippen LogP contribution in [-0.2, 0) is 38.1 Å². The van der Waals surface area contributed by atoms with Crippen molar-refractivity contribution in [2.45, 2.75) is 58.0 Å². The average Bonchev–Trinajstić information content (AvgIpc) is 3.42. The monoisotopic (exact) mass is 404 g/mol. The Bertz CT molecular complexity index is 881. The maximum absolute atomic E-state index is 13.3. The van der Waals surface area contributed by atoms with Crippen LogP contribution in [0, 0.1) is 10.8 Å². The van der Waals surface area contributed by atoms with Crippen molar-refractivity contribution in [1.82, 2.24) is 0 Å². The Kier molecular flexibility index (Phi) is 4.19. The molecule has 2 aliphatic heterocycles. The third-order valence-electron chi connectivity index (χ3n) is 7.08. The van der Waals surface area contributed by atoms with Gasteiger partial charge in [0.2, 0.25) is 5.78 Å². The Labute approximate surface area is 168 Å². The van der Waals surface area contributed by atoms with Crippen LogP contribution in [0.4, 0.5) is 0 Å². The second-order valence-electron chi connectivity index (χ2n) is 8.67. The van der Waals surface area contributed by atoms with Gasteiger partial charge in [0.25, 0.3) is 0 Å². The fraction of sp³-hybridized carbons (Fsp3) is 0.619. The lowest BCUT2D eigenvalue weighted by Crippen LogP contribution is -2.67. The van der Waals surface area contributed by atoms with E-state index >= 15 is 0 Å². The van der Waals surface area contributed by atoms with Crippen molar-refractivity contribution in [1.29, 1.82) is 0 Å². The van der Waals surface area contributed by atoms with Gasteiger partial charge in [-0.2, -0.15) is 0 Å². The van der Waals surface area contributed by atoms with Gasteiger partial charge in [-0.05, 0) is 25.5 Å². The summed E-state index contributed by atoms with van der Waals surface area (Å²) in [6.45, 7) is 9.87. The molecule has 2 bridgehead atoms. The lowest BCUT2D eigenvalue weighted by atomic mass is 9.51. The molecule has 8 nitrogen and oxygen atoms in total. The summed E-state index contributed by atoms with van der Waals surface area (Å²) < 4.78 is 22.9. The molecular weight excluding hydrogens is 380 g/mol. The molecule has 0 aromatic rings. The molecule has 0 aromatic carbocycles. The highest BCUT2D eigenvalue weighted by molar-refractivity contribution is 6.00. The second-order valence-corrected chi connectivity index (χ2v) is 8.67. The Morgan fingerprint density at radius 2 is 1.97 bits per heavy atom. The first-order valence-corrected chi connectivity index (χ1v) is 9.55. The molecule has 1 saturated carbocycles. The molecule has 2 heterocycles. The molecule has 0 amide bonds. The summed E-state index contributed by atoms with van der Waals surface area (Å²) in [6.07, 6.45) is -1.15. The Morgan fingerprint density at radius 1 is 1.31 bits per heavy atom. The van der Waals surface area contributed by atoms with Crippen LogP contribution in [0.5, 0.6) is 0 Å². The topological polar surface area (TPSA) is 109 Å². The van der Waals surface area contributed by atoms with E-state index in [-0.39, 0.29) is 31.0 Å². The summed E-state index contributed by atoms with van der Waals surface area (Å²) in [5, 5.41) is 0. The zero-order valence-electron chi connectivity index (χ0n) is 16.9. The molecule has 0 unspecified atom stereocenters. The summed E-state index contributed by atoms with van der Waals surface area (Å²) >= 11 is 0. The molecule has 2 saturated heterocycles. The van der Waals surface area contributed by atoms with E-state index in [4.69, 9.17) is 18.9 Å². The van der Waals surface area contributed by atoms with Gasteiger partial charge in [0, 0.05) is 18.9 Å². The van der Waals surface area contributed by atoms with E-state index in [2.05, 4.69) is 6.58 Å². The van der Waals surface area contributed by atoms with Crippen LogP contribution in [0.15, 0.2) is 23.8 Å². The highest BCUT2D eigenvalue weighted by Crippen LogP contribution is 2.70. The van der Waals surface area contributed by atoms with Crippen LogP contribution in [0.2, 0.25) is 0 Å². The number of carbonyl (C=O) groups is 4. The number of allylic oxidation sites excluding steroid dienone is 1. The van der Waals surface area contributed by atoms with Crippen LogP contribution in [0.1, 0.15) is 34.1 Å². The molecule has 3 fully saturated rings. The van der Waals surface area contributed by atoms with Gasteiger partial charge < -0.3 is 18.9 Å². The fourth-order valence-corrected chi connectivity index (χ4v) is 5.23. The number of carbonyl (C=O) groups excluding carboxylic acids is 4. The number of Topliss-reactive ketones (excluding diaryl/α,β-unsaturated/α-hetero) is 2. The van der Waals surface area contributed by atoms with Crippen molar-refractivity contribution >= 4 is 23.5 Å². The van der Waals surface area contributed by atoms with Gasteiger partial charge >= 0.3 is 11.9 Å². The number of epoxide rings is 1. The number of ketones is 2. The van der Waals surface area contributed by atoms with Gasteiger partial charge in [-0.15, -0.1) is 0 Å². The standard InChI is InChI=1S/C21H24O8/c1-10(2)18(25)29-16-15(24)17-21(9-27-21)19(16,5)20(8-26-12(4)22)7-13(23)11(3)6-14(20)28-17/h6,14,16-17H,1,7-9H2,2-5H3/t14-,16-,17-,19-,20-,21+/m1/s1. The molecule has 1 spiro atoms. The molecular formula is C21H24O8. The maximum Gasteiger partial charge on any atom is 0.333 e. The van der Waals surface area contributed by atoms with E-state index in [0.717, 1.165) is 0 Å². The SMILES string of the molecule is C=C(C)C(=O)O[C@@H]1C(=O)[C@H]2O[C@@H]3C=C(C)C(=O)C[C@]3(COC(C)=O)[C@]1(C)[C@]21CO1. The van der Waals surface area contributed by atoms with Crippen molar-refractivity contribution in [3.05, 3.63) is 23.8 Å². The lowest BCUT2D eigenvalue weighted by Gasteiger charge is -2.57. The van der Waals surface area contributed by atoms with Crippen molar-refractivity contribution in [2.75, 3.05) is 13.2 Å². The first-order valence-electron chi connectivity index (χ1n) is 9.55. The third kappa shape index (κ3) is 2.39. The minimum Gasteiger partial charge on any atom is -0.465 e. The highest BCUT2D eigenvalue weighted by atomic mass is 16.6. The molecule has 4 aliphatic rings. The van der Waals surface area contributed by atoms with E-state index in [0.29, 0.717) is 5.57 Å². The predicted molar refractivity (Wildman–Crippen MR) is 97.6 cm³/mol. The quantitative estimate of drug-likeness (QED) is 0.389. The maximum atomic E-state index is 13.3. The first-order chi connectivity index (χ1) is 13.5. The number of esters is 2. The third-order valence-corrected chi connectivity index (χ3v) is 7.08. The van der Waals surface area contributed by atoms with E-state index in [1.54, 1.807) is 19.9 Å². The highest BCUT2D eigenvalue weighted by Gasteiger charge is 2.86. The molecule has 0 aromatic heterocycles. The molecule has 29 heavy (non-hydrogen) atoms. The van der Waals surface area contributed by atoms with Crippen molar-refractivity contribution < 1.29 is 38.1 Å². The molecule has 8 heteroatoms. The number of rotatable bonds is 4. The number of hydrogen-bond donors (Lipinski definition) is 0. The number of ether oxygens (including phenoxy) is 4. The Balaban J connectivity index is 1.88.